The number of halogens is 1. The number of hydrogen-bond donors (Lipinski definition) is 1. The zero-order chi connectivity index (χ0) is 33.3. The number of nitro groups is 1. The molecule has 2 amide bonds. The summed E-state index contributed by atoms with van der Waals surface area (Å²) in [6.07, 6.45) is 0.815. The molecule has 4 rings (SSSR count). The molecule has 0 bridgehead atoms. The van der Waals surface area contributed by atoms with Crippen LogP contribution in [0, 0.1) is 10.1 Å². The van der Waals surface area contributed by atoms with Crippen molar-refractivity contribution in [3.8, 4) is 0 Å². The van der Waals surface area contributed by atoms with E-state index in [9.17, 15) is 28.1 Å². The molecule has 0 fully saturated rings. The summed E-state index contributed by atoms with van der Waals surface area (Å²) < 4.78 is 28.9. The molecule has 0 aromatic heterocycles. The largest absolute Gasteiger partial charge is 0.352 e. The molecule has 0 aliphatic rings. The number of hydrogen-bond acceptors (Lipinski definition) is 6. The predicted molar refractivity (Wildman–Crippen MR) is 178 cm³/mol. The van der Waals surface area contributed by atoms with Crippen molar-refractivity contribution < 1.29 is 22.9 Å². The molecule has 0 saturated carbocycles. The van der Waals surface area contributed by atoms with Crippen LogP contribution >= 0.6 is 11.6 Å². The van der Waals surface area contributed by atoms with Crippen LogP contribution in [0.3, 0.4) is 0 Å². The minimum absolute atomic E-state index is 0.0322. The number of carbonyl (C=O) groups is 2. The Labute approximate surface area is 273 Å². The fraction of sp³-hybridized carbons (Fsp3) is 0.235. The van der Waals surface area contributed by atoms with Crippen molar-refractivity contribution in [1.82, 2.24) is 10.2 Å². The van der Waals surface area contributed by atoms with Crippen LogP contribution in [-0.4, -0.2) is 48.7 Å². The maximum Gasteiger partial charge on any atom is 0.271 e. The summed E-state index contributed by atoms with van der Waals surface area (Å²) in [7, 11) is -4.39. The molecule has 0 radical (unpaired) electrons. The lowest BCUT2D eigenvalue weighted by Crippen LogP contribution is -2.54. The average Bonchev–Trinajstić information content (AvgIpc) is 3.06. The lowest BCUT2D eigenvalue weighted by Gasteiger charge is -2.34. The molecule has 12 heteroatoms. The van der Waals surface area contributed by atoms with E-state index in [2.05, 4.69) is 5.32 Å². The smallest absolute Gasteiger partial charge is 0.271 e. The van der Waals surface area contributed by atoms with Crippen molar-refractivity contribution in [3.63, 3.8) is 0 Å². The number of amides is 2. The van der Waals surface area contributed by atoms with Crippen molar-refractivity contribution in [2.75, 3.05) is 10.8 Å². The van der Waals surface area contributed by atoms with Gasteiger partial charge in [0.1, 0.15) is 12.6 Å². The molecule has 0 heterocycles. The predicted octanol–water partition coefficient (Wildman–Crippen LogP) is 6.00. The van der Waals surface area contributed by atoms with E-state index in [0.29, 0.717) is 17.0 Å². The Bertz CT molecular complexity index is 1760. The highest BCUT2D eigenvalue weighted by Gasteiger charge is 2.35. The molecule has 0 unspecified atom stereocenters. The van der Waals surface area contributed by atoms with Gasteiger partial charge < -0.3 is 10.2 Å². The number of nitrogens with one attached hydrogen (secondary N) is 1. The van der Waals surface area contributed by atoms with Gasteiger partial charge in [0.2, 0.25) is 11.8 Å². The van der Waals surface area contributed by atoms with E-state index >= 15 is 0 Å². The standard InChI is InChI=1S/C34H35ClN4O6S/c1-3-25(2)36-34(41)32(21-26-11-6-4-7-12-26)37(23-27-17-19-28(35)20-18-27)33(40)24-38(29-13-10-14-30(22-29)39(42)43)46(44,45)31-15-8-5-9-16-31/h4-20,22,25,32H,3,21,23-24H2,1-2H3,(H,36,41)/t25-,32+/m1/s1. The first-order chi connectivity index (χ1) is 22.0. The van der Waals surface area contributed by atoms with E-state index in [4.69, 9.17) is 11.6 Å². The number of anilines is 1. The number of rotatable bonds is 14. The monoisotopic (exact) mass is 662 g/mol. The Hall–Kier alpha value is -4.74. The van der Waals surface area contributed by atoms with Gasteiger partial charge in [-0.15, -0.1) is 0 Å². The van der Waals surface area contributed by atoms with Gasteiger partial charge in [-0.3, -0.25) is 24.0 Å². The van der Waals surface area contributed by atoms with Gasteiger partial charge >= 0.3 is 0 Å². The molecule has 4 aromatic rings. The highest BCUT2D eigenvalue weighted by atomic mass is 35.5. The van der Waals surface area contributed by atoms with E-state index in [1.54, 1.807) is 42.5 Å². The van der Waals surface area contributed by atoms with Gasteiger partial charge in [-0.2, -0.15) is 0 Å². The molecule has 0 aliphatic carbocycles. The maximum absolute atomic E-state index is 14.5. The molecule has 10 nitrogen and oxygen atoms in total. The number of nitrogens with zero attached hydrogens (tertiary/aromatic N) is 3. The van der Waals surface area contributed by atoms with E-state index in [1.165, 1.54) is 35.2 Å². The number of nitro benzene ring substituents is 1. The highest BCUT2D eigenvalue weighted by Crippen LogP contribution is 2.28. The topological polar surface area (TPSA) is 130 Å². The average molecular weight is 663 g/mol. The number of sulfonamides is 1. The minimum Gasteiger partial charge on any atom is -0.352 e. The van der Waals surface area contributed by atoms with E-state index in [-0.39, 0.29) is 35.3 Å². The Morgan fingerprint density at radius 3 is 2.13 bits per heavy atom. The molecule has 0 saturated heterocycles. The summed E-state index contributed by atoms with van der Waals surface area (Å²) in [6, 6.07) is 27.4. The first-order valence-electron chi connectivity index (χ1n) is 14.7. The van der Waals surface area contributed by atoms with Crippen molar-refractivity contribution in [3.05, 3.63) is 135 Å². The lowest BCUT2D eigenvalue weighted by atomic mass is 10.0. The van der Waals surface area contributed by atoms with Crippen LogP contribution < -0.4 is 9.62 Å². The van der Waals surface area contributed by atoms with Gasteiger partial charge in [0.15, 0.2) is 0 Å². The third-order valence-electron chi connectivity index (χ3n) is 7.48. The van der Waals surface area contributed by atoms with Crippen LogP contribution in [-0.2, 0) is 32.6 Å². The minimum atomic E-state index is -4.39. The summed E-state index contributed by atoms with van der Waals surface area (Å²) in [5, 5.41) is 15.1. The molecule has 0 aliphatic heterocycles. The van der Waals surface area contributed by atoms with Gasteiger partial charge in [0.25, 0.3) is 15.7 Å². The van der Waals surface area contributed by atoms with Crippen LogP contribution in [0.5, 0.6) is 0 Å². The molecular formula is C34H35ClN4O6S. The summed E-state index contributed by atoms with van der Waals surface area (Å²) in [5.74, 6) is -1.07. The highest BCUT2D eigenvalue weighted by molar-refractivity contribution is 7.92. The second-order valence-electron chi connectivity index (χ2n) is 10.8. The first kappa shape index (κ1) is 34.1. The number of non-ortho nitro benzene ring substituents is 1. The number of carbonyl (C=O) groups excluding carboxylic acids is 2. The Morgan fingerprint density at radius 2 is 1.52 bits per heavy atom. The zero-order valence-electron chi connectivity index (χ0n) is 25.5. The van der Waals surface area contributed by atoms with Crippen molar-refractivity contribution in [2.24, 2.45) is 0 Å². The van der Waals surface area contributed by atoms with E-state index in [1.807, 2.05) is 44.2 Å². The maximum atomic E-state index is 14.5. The van der Waals surface area contributed by atoms with Gasteiger partial charge in [-0.1, -0.05) is 85.3 Å². The van der Waals surface area contributed by atoms with Gasteiger partial charge in [-0.05, 0) is 54.8 Å². The number of benzene rings is 4. The van der Waals surface area contributed by atoms with E-state index < -0.39 is 39.3 Å². The molecule has 240 valence electrons. The zero-order valence-corrected chi connectivity index (χ0v) is 27.0. The van der Waals surface area contributed by atoms with Gasteiger partial charge in [0, 0.05) is 36.2 Å². The third-order valence-corrected chi connectivity index (χ3v) is 9.52. The van der Waals surface area contributed by atoms with Crippen LogP contribution in [0.1, 0.15) is 31.4 Å². The molecular weight excluding hydrogens is 628 g/mol. The quantitative estimate of drug-likeness (QED) is 0.130. The SMILES string of the molecule is CC[C@@H](C)NC(=O)[C@H](Cc1ccccc1)N(Cc1ccc(Cl)cc1)C(=O)CN(c1cccc([N+](=O)[O-])c1)S(=O)(=O)c1ccccc1. The molecule has 46 heavy (non-hydrogen) atoms. The summed E-state index contributed by atoms with van der Waals surface area (Å²) >= 11 is 6.12. The van der Waals surface area contributed by atoms with E-state index in [0.717, 1.165) is 15.9 Å². The molecule has 0 spiro atoms. The Balaban J connectivity index is 1.83. The Kier molecular flexibility index (Phi) is 11.5. The van der Waals surface area contributed by atoms with Crippen LogP contribution in [0.2, 0.25) is 5.02 Å². The Morgan fingerprint density at radius 1 is 0.891 bits per heavy atom. The summed E-state index contributed by atoms with van der Waals surface area (Å²) in [5.41, 5.74) is 1.06. The van der Waals surface area contributed by atoms with Crippen molar-refractivity contribution in [2.45, 2.75) is 50.2 Å². The molecule has 1 N–H and O–H groups in total. The lowest BCUT2D eigenvalue weighted by molar-refractivity contribution is -0.384. The first-order valence-corrected chi connectivity index (χ1v) is 16.5. The third kappa shape index (κ3) is 8.70. The summed E-state index contributed by atoms with van der Waals surface area (Å²) in [6.45, 7) is 3.03. The van der Waals surface area contributed by atoms with Crippen LogP contribution in [0.25, 0.3) is 0 Å². The van der Waals surface area contributed by atoms with Gasteiger partial charge in [0.05, 0.1) is 15.5 Å². The second kappa shape index (κ2) is 15.5. The van der Waals surface area contributed by atoms with Gasteiger partial charge in [-0.25, -0.2) is 8.42 Å². The fourth-order valence-electron chi connectivity index (χ4n) is 4.79. The second-order valence-corrected chi connectivity index (χ2v) is 13.1. The van der Waals surface area contributed by atoms with Crippen molar-refractivity contribution >= 4 is 44.8 Å². The molecule has 4 aromatic carbocycles. The molecule has 2 atom stereocenters. The summed E-state index contributed by atoms with van der Waals surface area (Å²) in [4.78, 5) is 40.6. The fourth-order valence-corrected chi connectivity index (χ4v) is 6.34. The van der Waals surface area contributed by atoms with Crippen LogP contribution in [0.4, 0.5) is 11.4 Å². The normalized spacial score (nSPS) is 12.5. The van der Waals surface area contributed by atoms with Crippen molar-refractivity contribution in [1.29, 1.82) is 0 Å². The van der Waals surface area contributed by atoms with Crippen LogP contribution in [0.15, 0.2) is 114 Å².